The van der Waals surface area contributed by atoms with Crippen molar-refractivity contribution in [2.24, 2.45) is 5.92 Å². The number of hydrogen-bond donors (Lipinski definition) is 1. The molecule has 0 radical (unpaired) electrons. The quantitative estimate of drug-likeness (QED) is 0.757. The minimum Gasteiger partial charge on any atom is -0.355 e. The zero-order valence-corrected chi connectivity index (χ0v) is 15.8. The largest absolute Gasteiger partial charge is 0.355 e. The van der Waals surface area contributed by atoms with E-state index in [0.717, 1.165) is 50.2 Å². The Balaban J connectivity index is 1.23. The fraction of sp³-hybridized carbons (Fsp3) is 0.429. The Kier molecular flexibility index (Phi) is 4.22. The third-order valence-electron chi connectivity index (χ3n) is 6.23. The van der Waals surface area contributed by atoms with Crippen LogP contribution in [0.4, 0.5) is 5.82 Å². The zero-order valence-electron chi connectivity index (χ0n) is 15.8. The SMILES string of the molecule is O=C(NC1(c2ccccc2)CCC1)C1CCN(c2ccc3nncn3n2)CC1. The van der Waals surface area contributed by atoms with Gasteiger partial charge in [-0.25, -0.2) is 0 Å². The summed E-state index contributed by atoms with van der Waals surface area (Å²) in [6, 6.07) is 14.3. The van der Waals surface area contributed by atoms with E-state index in [4.69, 9.17) is 0 Å². The van der Waals surface area contributed by atoms with Crippen LogP contribution in [0.15, 0.2) is 48.8 Å². The van der Waals surface area contributed by atoms with Crippen LogP contribution in [0.1, 0.15) is 37.7 Å². The van der Waals surface area contributed by atoms with E-state index in [1.54, 1.807) is 10.8 Å². The molecule has 1 aromatic carbocycles. The van der Waals surface area contributed by atoms with Gasteiger partial charge in [0.15, 0.2) is 5.65 Å². The van der Waals surface area contributed by atoms with Crippen molar-refractivity contribution in [3.8, 4) is 0 Å². The summed E-state index contributed by atoms with van der Waals surface area (Å²) < 4.78 is 1.69. The van der Waals surface area contributed by atoms with E-state index in [-0.39, 0.29) is 17.4 Å². The van der Waals surface area contributed by atoms with E-state index in [0.29, 0.717) is 0 Å². The van der Waals surface area contributed by atoms with Crippen LogP contribution in [0.3, 0.4) is 0 Å². The van der Waals surface area contributed by atoms with Crippen molar-refractivity contribution in [1.82, 2.24) is 25.1 Å². The number of carbonyl (C=O) groups excluding carboxylic acids is 1. The summed E-state index contributed by atoms with van der Waals surface area (Å²) in [5, 5.41) is 15.8. The Morgan fingerprint density at radius 1 is 1.07 bits per heavy atom. The first-order valence-corrected chi connectivity index (χ1v) is 10.0. The molecule has 1 N–H and O–H groups in total. The van der Waals surface area contributed by atoms with Crippen LogP contribution >= 0.6 is 0 Å². The van der Waals surface area contributed by atoms with Crippen molar-refractivity contribution >= 4 is 17.4 Å². The molecule has 2 aromatic heterocycles. The van der Waals surface area contributed by atoms with E-state index in [1.165, 1.54) is 12.0 Å². The molecule has 3 heterocycles. The van der Waals surface area contributed by atoms with Crippen LogP contribution in [-0.4, -0.2) is 38.8 Å². The Hall–Kier alpha value is -2.96. The van der Waals surface area contributed by atoms with E-state index in [1.807, 2.05) is 18.2 Å². The highest BCUT2D eigenvalue weighted by atomic mass is 16.2. The lowest BCUT2D eigenvalue weighted by molar-refractivity contribution is -0.129. The lowest BCUT2D eigenvalue weighted by atomic mass is 9.71. The highest BCUT2D eigenvalue weighted by Gasteiger charge is 2.41. The molecule has 28 heavy (non-hydrogen) atoms. The number of piperidine rings is 1. The molecule has 3 aromatic rings. The first-order chi connectivity index (χ1) is 13.7. The molecular weight excluding hydrogens is 352 g/mol. The number of fused-ring (bicyclic) bond motifs is 1. The van der Waals surface area contributed by atoms with E-state index in [2.05, 4.69) is 49.8 Å². The first kappa shape index (κ1) is 17.2. The lowest BCUT2D eigenvalue weighted by Crippen LogP contribution is -2.53. The lowest BCUT2D eigenvalue weighted by Gasteiger charge is -2.44. The number of anilines is 1. The summed E-state index contributed by atoms with van der Waals surface area (Å²) in [5.74, 6) is 1.17. The number of nitrogens with one attached hydrogen (secondary N) is 1. The molecule has 0 atom stereocenters. The number of amides is 1. The Labute approximate surface area is 163 Å². The summed E-state index contributed by atoms with van der Waals surface area (Å²) in [5.41, 5.74) is 1.82. The van der Waals surface area contributed by atoms with Gasteiger partial charge in [-0.15, -0.1) is 15.3 Å². The maximum absolute atomic E-state index is 13.0. The molecule has 1 aliphatic carbocycles. The molecule has 7 heteroatoms. The van der Waals surface area contributed by atoms with Gasteiger partial charge in [0.2, 0.25) is 5.91 Å². The van der Waals surface area contributed by atoms with Crippen LogP contribution in [0.5, 0.6) is 0 Å². The van der Waals surface area contributed by atoms with Gasteiger partial charge < -0.3 is 10.2 Å². The van der Waals surface area contributed by atoms with Crippen molar-refractivity contribution in [1.29, 1.82) is 0 Å². The maximum atomic E-state index is 13.0. The molecular formula is C21H24N6O. The molecule has 0 unspecified atom stereocenters. The average molecular weight is 376 g/mol. The van der Waals surface area contributed by atoms with Crippen molar-refractivity contribution in [2.75, 3.05) is 18.0 Å². The molecule has 1 aliphatic heterocycles. The van der Waals surface area contributed by atoms with Crippen molar-refractivity contribution in [2.45, 2.75) is 37.6 Å². The van der Waals surface area contributed by atoms with Gasteiger partial charge in [-0.1, -0.05) is 30.3 Å². The van der Waals surface area contributed by atoms with Crippen LogP contribution in [0.25, 0.3) is 5.65 Å². The summed E-state index contributed by atoms with van der Waals surface area (Å²) >= 11 is 0. The number of rotatable bonds is 4. The monoisotopic (exact) mass is 376 g/mol. The van der Waals surface area contributed by atoms with Crippen LogP contribution in [0.2, 0.25) is 0 Å². The third-order valence-corrected chi connectivity index (χ3v) is 6.23. The second kappa shape index (κ2) is 6.89. The Bertz CT molecular complexity index is 973. The summed E-state index contributed by atoms with van der Waals surface area (Å²) in [4.78, 5) is 15.2. The summed E-state index contributed by atoms with van der Waals surface area (Å²) in [7, 11) is 0. The van der Waals surface area contributed by atoms with Gasteiger partial charge in [-0.3, -0.25) is 4.79 Å². The van der Waals surface area contributed by atoms with E-state index >= 15 is 0 Å². The molecule has 2 aliphatic rings. The maximum Gasteiger partial charge on any atom is 0.223 e. The minimum atomic E-state index is -0.156. The highest BCUT2D eigenvalue weighted by molar-refractivity contribution is 5.80. The first-order valence-electron chi connectivity index (χ1n) is 10.0. The molecule has 0 bridgehead atoms. The smallest absolute Gasteiger partial charge is 0.223 e. The number of hydrogen-bond acceptors (Lipinski definition) is 5. The average Bonchev–Trinajstić information content (AvgIpc) is 3.19. The topological polar surface area (TPSA) is 75.4 Å². The molecule has 5 rings (SSSR count). The third kappa shape index (κ3) is 3.00. The van der Waals surface area contributed by atoms with Crippen molar-refractivity contribution < 1.29 is 4.79 Å². The molecule has 7 nitrogen and oxygen atoms in total. The molecule has 1 saturated carbocycles. The van der Waals surface area contributed by atoms with Crippen LogP contribution < -0.4 is 10.2 Å². The normalized spacial score (nSPS) is 19.4. The predicted molar refractivity (Wildman–Crippen MR) is 106 cm³/mol. The molecule has 2 fully saturated rings. The summed E-state index contributed by atoms with van der Waals surface area (Å²) in [6.07, 6.45) is 6.54. The van der Waals surface area contributed by atoms with Gasteiger partial charge in [0.1, 0.15) is 12.1 Å². The Morgan fingerprint density at radius 3 is 2.57 bits per heavy atom. The van der Waals surface area contributed by atoms with E-state index < -0.39 is 0 Å². The van der Waals surface area contributed by atoms with Crippen molar-refractivity contribution in [3.05, 3.63) is 54.4 Å². The van der Waals surface area contributed by atoms with Crippen molar-refractivity contribution in [3.63, 3.8) is 0 Å². The molecule has 1 amide bonds. The second-order valence-electron chi connectivity index (χ2n) is 7.88. The van der Waals surface area contributed by atoms with Gasteiger partial charge in [0.05, 0.1) is 5.54 Å². The second-order valence-corrected chi connectivity index (χ2v) is 7.88. The predicted octanol–water partition coefficient (Wildman–Crippen LogP) is 2.54. The number of carbonyl (C=O) groups is 1. The van der Waals surface area contributed by atoms with Gasteiger partial charge in [0, 0.05) is 19.0 Å². The fourth-order valence-corrected chi connectivity index (χ4v) is 4.37. The van der Waals surface area contributed by atoms with Crippen LogP contribution in [0, 0.1) is 5.92 Å². The van der Waals surface area contributed by atoms with Gasteiger partial charge >= 0.3 is 0 Å². The van der Waals surface area contributed by atoms with Gasteiger partial charge in [-0.05, 0) is 49.8 Å². The molecule has 0 spiro atoms. The van der Waals surface area contributed by atoms with Gasteiger partial charge in [-0.2, -0.15) is 4.52 Å². The zero-order chi connectivity index (χ0) is 19.0. The highest BCUT2D eigenvalue weighted by Crippen LogP contribution is 2.41. The summed E-state index contributed by atoms with van der Waals surface area (Å²) in [6.45, 7) is 1.66. The molecule has 1 saturated heterocycles. The minimum absolute atomic E-state index is 0.0658. The van der Waals surface area contributed by atoms with E-state index in [9.17, 15) is 4.79 Å². The molecule has 144 valence electrons. The van der Waals surface area contributed by atoms with Crippen LogP contribution in [-0.2, 0) is 10.3 Å². The standard InChI is InChI=1S/C21H24N6O/c28-20(23-21(11-4-12-21)17-5-2-1-3-6-17)16-9-13-26(14-10-16)19-8-7-18-24-22-15-27(18)25-19/h1-3,5-8,15-16H,4,9-14H2,(H,23,28). The van der Waals surface area contributed by atoms with Gasteiger partial charge in [0.25, 0.3) is 0 Å². The number of nitrogens with zero attached hydrogens (tertiary/aromatic N) is 5. The number of aromatic nitrogens is 4. The number of benzene rings is 1. The fourth-order valence-electron chi connectivity index (χ4n) is 4.37. The Morgan fingerprint density at radius 2 is 1.86 bits per heavy atom.